The molecule has 3 rings (SSSR count). The molecule has 0 bridgehead atoms. The van der Waals surface area contributed by atoms with Gasteiger partial charge in [-0.1, -0.05) is 17.7 Å². The molecule has 1 atom stereocenters. The van der Waals surface area contributed by atoms with Crippen LogP contribution >= 0.6 is 11.6 Å². The summed E-state index contributed by atoms with van der Waals surface area (Å²) in [6.45, 7) is 0.125. The van der Waals surface area contributed by atoms with Crippen molar-refractivity contribution < 1.29 is 24.2 Å². The minimum absolute atomic E-state index is 0.125. The summed E-state index contributed by atoms with van der Waals surface area (Å²) in [5, 5.41) is 12.4. The Hall–Kier alpha value is -2.73. The van der Waals surface area contributed by atoms with E-state index in [4.69, 9.17) is 26.2 Å². The number of benzene rings is 2. The van der Waals surface area contributed by atoms with Gasteiger partial charge in [0.25, 0.3) is 5.91 Å². The van der Waals surface area contributed by atoms with Gasteiger partial charge in [0.1, 0.15) is 0 Å². The predicted octanol–water partition coefficient (Wildman–Crippen LogP) is 3.01. The molecule has 2 N–H and O–H groups in total. The summed E-state index contributed by atoms with van der Waals surface area (Å²) >= 11 is 5.81. The number of carbonyl (C=O) groups is 2. The van der Waals surface area contributed by atoms with Crippen LogP contribution in [0.25, 0.3) is 0 Å². The zero-order valence-electron chi connectivity index (χ0n) is 12.5. The van der Waals surface area contributed by atoms with Gasteiger partial charge < -0.3 is 19.9 Å². The van der Waals surface area contributed by atoms with Gasteiger partial charge in [0.05, 0.1) is 12.5 Å². The highest BCUT2D eigenvalue weighted by Gasteiger charge is 2.22. The normalized spacial score (nSPS) is 13.4. The number of carboxylic acid groups (broad SMARTS) is 1. The molecule has 0 radical (unpaired) electrons. The molecule has 6 nitrogen and oxygen atoms in total. The Morgan fingerprint density at radius 3 is 2.54 bits per heavy atom. The van der Waals surface area contributed by atoms with E-state index in [-0.39, 0.29) is 19.1 Å². The number of hydrogen-bond acceptors (Lipinski definition) is 4. The number of hydrogen-bond donors (Lipinski definition) is 2. The number of carbonyl (C=O) groups excluding carboxylic acids is 1. The van der Waals surface area contributed by atoms with Gasteiger partial charge in [0, 0.05) is 10.6 Å². The highest BCUT2D eigenvalue weighted by atomic mass is 35.5. The van der Waals surface area contributed by atoms with Crippen LogP contribution < -0.4 is 14.8 Å². The van der Waals surface area contributed by atoms with Crippen molar-refractivity contribution in [3.63, 3.8) is 0 Å². The first kappa shape index (κ1) is 16.1. The third-order valence-corrected chi connectivity index (χ3v) is 3.84. The largest absolute Gasteiger partial charge is 0.481 e. The number of fused-ring (bicyclic) bond motifs is 1. The molecule has 1 amide bonds. The fraction of sp³-hybridized carbons (Fsp3) is 0.176. The first-order chi connectivity index (χ1) is 11.5. The van der Waals surface area contributed by atoms with Crippen molar-refractivity contribution in [1.82, 2.24) is 5.32 Å². The second kappa shape index (κ2) is 6.80. The quantitative estimate of drug-likeness (QED) is 0.868. The average molecular weight is 348 g/mol. The molecule has 124 valence electrons. The van der Waals surface area contributed by atoms with E-state index in [1.807, 2.05) is 0 Å². The third-order valence-electron chi connectivity index (χ3n) is 3.59. The standard InChI is InChI=1S/C17H14ClNO5/c18-12-4-1-10(2-5-12)17(22)19-13(8-16(20)21)11-3-6-14-15(7-11)24-9-23-14/h1-7,13H,8-9H2,(H,19,22)(H,20,21)/t13-/m1/s1. The summed E-state index contributed by atoms with van der Waals surface area (Å²) in [5.41, 5.74) is 1.03. The van der Waals surface area contributed by atoms with Gasteiger partial charge in [-0.15, -0.1) is 0 Å². The number of halogens is 1. The predicted molar refractivity (Wildman–Crippen MR) is 86.5 cm³/mol. The van der Waals surface area contributed by atoms with Crippen LogP contribution in [0, 0.1) is 0 Å². The molecule has 0 aliphatic carbocycles. The molecule has 2 aromatic rings. The van der Waals surface area contributed by atoms with Crippen molar-refractivity contribution in [3.05, 3.63) is 58.6 Å². The Bertz CT molecular complexity index is 775. The van der Waals surface area contributed by atoms with E-state index in [1.165, 1.54) is 0 Å². The third kappa shape index (κ3) is 3.60. The van der Waals surface area contributed by atoms with Crippen molar-refractivity contribution in [3.8, 4) is 11.5 Å². The molecule has 0 saturated carbocycles. The van der Waals surface area contributed by atoms with Crippen LogP contribution in [0.5, 0.6) is 11.5 Å². The highest BCUT2D eigenvalue weighted by molar-refractivity contribution is 6.30. The maximum atomic E-state index is 12.4. The minimum atomic E-state index is -1.02. The Morgan fingerprint density at radius 2 is 1.83 bits per heavy atom. The van der Waals surface area contributed by atoms with Crippen molar-refractivity contribution in [2.75, 3.05) is 6.79 Å². The van der Waals surface area contributed by atoms with Crippen LogP contribution in [0.1, 0.15) is 28.4 Å². The smallest absolute Gasteiger partial charge is 0.305 e. The van der Waals surface area contributed by atoms with E-state index in [0.717, 1.165) is 0 Å². The molecule has 0 spiro atoms. The molecular formula is C17H14ClNO5. The van der Waals surface area contributed by atoms with Gasteiger partial charge in [-0.05, 0) is 42.0 Å². The van der Waals surface area contributed by atoms with Crippen LogP contribution in [0.2, 0.25) is 5.02 Å². The molecule has 1 aliphatic rings. The maximum Gasteiger partial charge on any atom is 0.305 e. The van der Waals surface area contributed by atoms with Crippen LogP contribution in [0.15, 0.2) is 42.5 Å². The second-order valence-corrected chi connectivity index (χ2v) is 5.68. The monoisotopic (exact) mass is 347 g/mol. The highest BCUT2D eigenvalue weighted by Crippen LogP contribution is 2.34. The van der Waals surface area contributed by atoms with Crippen molar-refractivity contribution in [1.29, 1.82) is 0 Å². The fourth-order valence-electron chi connectivity index (χ4n) is 2.40. The van der Waals surface area contributed by atoms with E-state index >= 15 is 0 Å². The average Bonchev–Trinajstić information content (AvgIpc) is 3.02. The molecule has 24 heavy (non-hydrogen) atoms. The van der Waals surface area contributed by atoms with Crippen molar-refractivity contribution in [2.45, 2.75) is 12.5 Å². The molecule has 1 aliphatic heterocycles. The summed E-state index contributed by atoms with van der Waals surface area (Å²) in [5.74, 6) is -0.273. The number of nitrogens with one attached hydrogen (secondary N) is 1. The number of ether oxygens (including phenoxy) is 2. The van der Waals surface area contributed by atoms with Gasteiger partial charge in [0.15, 0.2) is 11.5 Å². The van der Waals surface area contributed by atoms with Gasteiger partial charge in [-0.25, -0.2) is 0 Å². The van der Waals surface area contributed by atoms with Gasteiger partial charge in [-0.2, -0.15) is 0 Å². The molecular weight excluding hydrogens is 334 g/mol. The number of rotatable bonds is 5. The van der Waals surface area contributed by atoms with Crippen LogP contribution in [0.4, 0.5) is 0 Å². The molecule has 0 fully saturated rings. The number of aliphatic carboxylic acids is 1. The summed E-state index contributed by atoms with van der Waals surface area (Å²) in [7, 11) is 0. The second-order valence-electron chi connectivity index (χ2n) is 5.24. The Morgan fingerprint density at radius 1 is 1.12 bits per heavy atom. The minimum Gasteiger partial charge on any atom is -0.481 e. The van der Waals surface area contributed by atoms with Crippen molar-refractivity contribution >= 4 is 23.5 Å². The molecule has 0 aromatic heterocycles. The lowest BCUT2D eigenvalue weighted by molar-refractivity contribution is -0.137. The topological polar surface area (TPSA) is 84.9 Å². The summed E-state index contributed by atoms with van der Waals surface area (Å²) in [4.78, 5) is 23.5. The molecule has 2 aromatic carbocycles. The van der Waals surface area contributed by atoms with Crippen LogP contribution in [-0.2, 0) is 4.79 Å². The zero-order chi connectivity index (χ0) is 17.1. The maximum absolute atomic E-state index is 12.4. The summed E-state index contributed by atoms with van der Waals surface area (Å²) < 4.78 is 10.5. The van der Waals surface area contributed by atoms with Gasteiger partial charge in [-0.3, -0.25) is 9.59 Å². The molecule has 0 unspecified atom stereocenters. The first-order valence-corrected chi connectivity index (χ1v) is 7.58. The lowest BCUT2D eigenvalue weighted by atomic mass is 10.0. The van der Waals surface area contributed by atoms with E-state index in [2.05, 4.69) is 5.32 Å². The summed E-state index contributed by atoms with van der Waals surface area (Å²) in [6, 6.07) is 10.7. The lowest BCUT2D eigenvalue weighted by Crippen LogP contribution is -2.30. The number of amides is 1. The van der Waals surface area contributed by atoms with Gasteiger partial charge >= 0.3 is 5.97 Å². The van der Waals surface area contributed by atoms with E-state index in [1.54, 1.807) is 42.5 Å². The van der Waals surface area contributed by atoms with Crippen LogP contribution in [-0.4, -0.2) is 23.8 Å². The summed E-state index contributed by atoms with van der Waals surface area (Å²) in [6.07, 6.45) is -0.251. The Balaban J connectivity index is 1.82. The fourth-order valence-corrected chi connectivity index (χ4v) is 2.53. The van der Waals surface area contributed by atoms with E-state index in [9.17, 15) is 9.59 Å². The molecule has 0 saturated heterocycles. The Kier molecular flexibility index (Phi) is 4.57. The SMILES string of the molecule is O=C(O)C[C@@H](NC(=O)c1ccc(Cl)cc1)c1ccc2c(c1)OCO2. The van der Waals surface area contributed by atoms with Gasteiger partial charge in [0.2, 0.25) is 6.79 Å². The lowest BCUT2D eigenvalue weighted by Gasteiger charge is -2.18. The van der Waals surface area contributed by atoms with Crippen molar-refractivity contribution in [2.24, 2.45) is 0 Å². The zero-order valence-corrected chi connectivity index (χ0v) is 13.2. The van der Waals surface area contributed by atoms with E-state index < -0.39 is 12.0 Å². The van der Waals surface area contributed by atoms with E-state index in [0.29, 0.717) is 27.6 Å². The Labute approximate surface area is 143 Å². The number of carboxylic acids is 1. The molecule has 1 heterocycles. The molecule has 7 heteroatoms. The first-order valence-electron chi connectivity index (χ1n) is 7.20. The van der Waals surface area contributed by atoms with Crippen LogP contribution in [0.3, 0.4) is 0 Å².